The number of hydrogen-bond acceptors (Lipinski definition) is 2. The molecule has 1 N–H and O–H groups in total. The second kappa shape index (κ2) is 5.19. The van der Waals surface area contributed by atoms with Gasteiger partial charge in [0.25, 0.3) is 0 Å². The van der Waals surface area contributed by atoms with Crippen LogP contribution in [0.5, 0.6) is 0 Å². The molecule has 1 aromatic rings. The third-order valence-electron chi connectivity index (χ3n) is 1.33. The van der Waals surface area contributed by atoms with Gasteiger partial charge >= 0.3 is 0 Å². The topological polar surface area (TPSA) is 42.0 Å². The number of amides is 1. The fourth-order valence-electron chi connectivity index (χ4n) is 0.759. The summed E-state index contributed by atoms with van der Waals surface area (Å²) in [5, 5.41) is 3.75. The van der Waals surface area contributed by atoms with Crippen molar-refractivity contribution in [3.8, 4) is 0 Å². The molecule has 0 aliphatic heterocycles. The Morgan fingerprint density at radius 2 is 2.38 bits per heavy atom. The first-order chi connectivity index (χ1) is 6.22. The van der Waals surface area contributed by atoms with E-state index in [1.54, 1.807) is 12.1 Å². The van der Waals surface area contributed by atoms with Crippen LogP contribution >= 0.6 is 27.5 Å². The summed E-state index contributed by atoms with van der Waals surface area (Å²) in [6.07, 6.45) is 1.97. The standard InChI is InChI=1S/C8H8BrClN2O/c9-4-3-8(13)12-6-1-2-7(10)11-5-6/h1-2,5H,3-4H2,(H,12,13). The highest BCUT2D eigenvalue weighted by Gasteiger charge is 2.00. The maximum absolute atomic E-state index is 11.1. The molecular weight excluding hydrogens is 255 g/mol. The summed E-state index contributed by atoms with van der Waals surface area (Å²) in [6.45, 7) is 0. The minimum atomic E-state index is -0.0407. The number of alkyl halides is 1. The Kier molecular flexibility index (Phi) is 4.18. The number of nitrogens with one attached hydrogen (secondary N) is 1. The van der Waals surface area contributed by atoms with Gasteiger partial charge in [-0.15, -0.1) is 0 Å². The molecule has 1 heterocycles. The van der Waals surface area contributed by atoms with Crippen LogP contribution in [0, 0.1) is 0 Å². The van der Waals surface area contributed by atoms with E-state index in [1.807, 2.05) is 0 Å². The first kappa shape index (κ1) is 10.5. The molecule has 0 saturated heterocycles. The van der Waals surface area contributed by atoms with Gasteiger partial charge in [0.15, 0.2) is 0 Å². The zero-order valence-corrected chi connectivity index (χ0v) is 9.10. The highest BCUT2D eigenvalue weighted by molar-refractivity contribution is 9.09. The summed E-state index contributed by atoms with van der Waals surface area (Å²) in [7, 11) is 0. The molecule has 13 heavy (non-hydrogen) atoms. The van der Waals surface area contributed by atoms with Crippen LogP contribution in [0.25, 0.3) is 0 Å². The van der Waals surface area contributed by atoms with E-state index in [9.17, 15) is 4.79 Å². The van der Waals surface area contributed by atoms with Crippen molar-refractivity contribution in [2.45, 2.75) is 6.42 Å². The quantitative estimate of drug-likeness (QED) is 0.672. The zero-order chi connectivity index (χ0) is 9.68. The zero-order valence-electron chi connectivity index (χ0n) is 6.76. The van der Waals surface area contributed by atoms with E-state index in [2.05, 4.69) is 26.2 Å². The SMILES string of the molecule is O=C(CCBr)Nc1ccc(Cl)nc1. The summed E-state index contributed by atoms with van der Waals surface area (Å²) in [6, 6.07) is 3.34. The van der Waals surface area contributed by atoms with Gasteiger partial charge in [0.2, 0.25) is 5.91 Å². The first-order valence-corrected chi connectivity index (χ1v) is 5.19. The molecule has 0 aliphatic carbocycles. The molecule has 0 bridgehead atoms. The van der Waals surface area contributed by atoms with Crippen LogP contribution in [0.15, 0.2) is 18.3 Å². The van der Waals surface area contributed by atoms with Gasteiger partial charge in [-0.2, -0.15) is 0 Å². The number of carbonyl (C=O) groups excluding carboxylic acids is 1. The van der Waals surface area contributed by atoms with E-state index in [1.165, 1.54) is 6.20 Å². The molecule has 0 fully saturated rings. The van der Waals surface area contributed by atoms with Gasteiger partial charge in [0.1, 0.15) is 5.15 Å². The number of carbonyl (C=O) groups is 1. The van der Waals surface area contributed by atoms with Crippen LogP contribution in [-0.4, -0.2) is 16.2 Å². The molecule has 1 amide bonds. The Labute approximate surface area is 89.6 Å². The summed E-state index contributed by atoms with van der Waals surface area (Å²) >= 11 is 8.76. The maximum atomic E-state index is 11.1. The lowest BCUT2D eigenvalue weighted by atomic mass is 10.4. The molecule has 0 spiro atoms. The van der Waals surface area contributed by atoms with Gasteiger partial charge in [-0.05, 0) is 12.1 Å². The predicted octanol–water partition coefficient (Wildman–Crippen LogP) is 2.46. The third kappa shape index (κ3) is 3.74. The average Bonchev–Trinajstić information content (AvgIpc) is 2.09. The highest BCUT2D eigenvalue weighted by Crippen LogP contribution is 2.09. The normalized spacial score (nSPS) is 9.69. The monoisotopic (exact) mass is 262 g/mol. The van der Waals surface area contributed by atoms with Crippen LogP contribution in [0.3, 0.4) is 0 Å². The van der Waals surface area contributed by atoms with Crippen LogP contribution < -0.4 is 5.32 Å². The molecule has 0 atom stereocenters. The van der Waals surface area contributed by atoms with Crippen molar-refractivity contribution >= 4 is 39.1 Å². The Hall–Kier alpha value is -0.610. The summed E-state index contributed by atoms with van der Waals surface area (Å²) in [4.78, 5) is 14.9. The van der Waals surface area contributed by atoms with Gasteiger partial charge in [0, 0.05) is 11.8 Å². The molecule has 1 aromatic heterocycles. The first-order valence-electron chi connectivity index (χ1n) is 3.70. The van der Waals surface area contributed by atoms with Gasteiger partial charge in [-0.25, -0.2) is 4.98 Å². The lowest BCUT2D eigenvalue weighted by molar-refractivity contribution is -0.115. The lowest BCUT2D eigenvalue weighted by Crippen LogP contribution is -2.11. The van der Waals surface area contributed by atoms with Crippen molar-refractivity contribution in [3.05, 3.63) is 23.5 Å². The smallest absolute Gasteiger partial charge is 0.225 e. The van der Waals surface area contributed by atoms with Crippen molar-refractivity contribution in [1.82, 2.24) is 4.98 Å². The molecule has 0 unspecified atom stereocenters. The van der Waals surface area contributed by atoms with Gasteiger partial charge in [0.05, 0.1) is 11.9 Å². The number of pyridine rings is 1. The number of aromatic nitrogens is 1. The van der Waals surface area contributed by atoms with Gasteiger partial charge in [-0.1, -0.05) is 27.5 Å². The van der Waals surface area contributed by atoms with Crippen molar-refractivity contribution < 1.29 is 4.79 Å². The van der Waals surface area contributed by atoms with Crippen LogP contribution in [-0.2, 0) is 4.79 Å². The number of halogens is 2. The van der Waals surface area contributed by atoms with Crippen LogP contribution in [0.4, 0.5) is 5.69 Å². The van der Waals surface area contributed by atoms with Crippen molar-refractivity contribution in [2.75, 3.05) is 10.6 Å². The summed E-state index contributed by atoms with van der Waals surface area (Å²) in [5.74, 6) is -0.0407. The number of anilines is 1. The molecule has 1 rings (SSSR count). The van der Waals surface area contributed by atoms with Crippen LogP contribution in [0.1, 0.15) is 6.42 Å². The Morgan fingerprint density at radius 1 is 1.62 bits per heavy atom. The number of nitrogens with zero attached hydrogens (tertiary/aromatic N) is 1. The minimum absolute atomic E-state index is 0.0407. The molecule has 3 nitrogen and oxygen atoms in total. The average molecular weight is 264 g/mol. The van der Waals surface area contributed by atoms with Gasteiger partial charge < -0.3 is 5.32 Å². The van der Waals surface area contributed by atoms with E-state index < -0.39 is 0 Å². The Bertz CT molecular complexity index is 289. The Morgan fingerprint density at radius 3 is 2.92 bits per heavy atom. The number of hydrogen-bond donors (Lipinski definition) is 1. The van der Waals surface area contributed by atoms with Crippen molar-refractivity contribution in [3.63, 3.8) is 0 Å². The molecule has 5 heteroatoms. The van der Waals surface area contributed by atoms with E-state index in [0.29, 0.717) is 22.6 Å². The second-order valence-corrected chi connectivity index (χ2v) is 3.54. The summed E-state index contributed by atoms with van der Waals surface area (Å²) < 4.78 is 0. The predicted molar refractivity (Wildman–Crippen MR) is 56.3 cm³/mol. The van der Waals surface area contributed by atoms with Gasteiger partial charge in [-0.3, -0.25) is 4.79 Å². The minimum Gasteiger partial charge on any atom is -0.325 e. The summed E-state index contributed by atoms with van der Waals surface area (Å²) in [5.41, 5.74) is 0.662. The van der Waals surface area contributed by atoms with Crippen molar-refractivity contribution in [2.24, 2.45) is 0 Å². The van der Waals surface area contributed by atoms with E-state index >= 15 is 0 Å². The van der Waals surface area contributed by atoms with E-state index in [-0.39, 0.29) is 5.91 Å². The molecular formula is C8H8BrClN2O. The van der Waals surface area contributed by atoms with Crippen LogP contribution in [0.2, 0.25) is 5.15 Å². The fourth-order valence-corrected chi connectivity index (χ4v) is 1.23. The molecule has 0 aliphatic rings. The van der Waals surface area contributed by atoms with E-state index in [0.717, 1.165) is 0 Å². The second-order valence-electron chi connectivity index (χ2n) is 2.36. The lowest BCUT2D eigenvalue weighted by Gasteiger charge is -2.02. The van der Waals surface area contributed by atoms with Crippen molar-refractivity contribution in [1.29, 1.82) is 0 Å². The maximum Gasteiger partial charge on any atom is 0.225 e. The fraction of sp³-hybridized carbons (Fsp3) is 0.250. The molecule has 0 aromatic carbocycles. The molecule has 0 saturated carbocycles. The highest BCUT2D eigenvalue weighted by atomic mass is 79.9. The number of rotatable bonds is 3. The third-order valence-corrected chi connectivity index (χ3v) is 1.95. The van der Waals surface area contributed by atoms with E-state index in [4.69, 9.17) is 11.6 Å². The molecule has 0 radical (unpaired) electrons. The molecule has 70 valence electrons. The Balaban J connectivity index is 2.54. The largest absolute Gasteiger partial charge is 0.325 e.